The van der Waals surface area contributed by atoms with Crippen LogP contribution < -0.4 is 4.74 Å². The largest absolute Gasteiger partial charge is 0.488 e. The molecule has 0 atom stereocenters. The molecule has 0 aliphatic carbocycles. The molecule has 0 bridgehead atoms. The first-order valence-corrected chi connectivity index (χ1v) is 7.44. The zero-order valence-corrected chi connectivity index (χ0v) is 11.9. The van der Waals surface area contributed by atoms with Crippen molar-refractivity contribution in [3.05, 3.63) is 72.3 Å². The van der Waals surface area contributed by atoms with Gasteiger partial charge in [0, 0.05) is 16.5 Å². The second-order valence-corrected chi connectivity index (χ2v) is 5.63. The van der Waals surface area contributed by atoms with Gasteiger partial charge in [-0.1, -0.05) is 42.5 Å². The Labute approximate surface area is 128 Å². The van der Waals surface area contributed by atoms with Crippen LogP contribution in [0.1, 0.15) is 5.56 Å². The minimum atomic E-state index is 0.582. The summed E-state index contributed by atoms with van der Waals surface area (Å²) in [5.41, 5.74) is 4.32. The van der Waals surface area contributed by atoms with Crippen molar-refractivity contribution in [2.75, 3.05) is 0 Å². The molecule has 22 heavy (non-hydrogen) atoms. The molecule has 2 heteroatoms. The summed E-state index contributed by atoms with van der Waals surface area (Å²) in [6, 6.07) is 23.0. The van der Waals surface area contributed by atoms with Gasteiger partial charge in [0.1, 0.15) is 12.4 Å². The zero-order valence-electron chi connectivity index (χ0n) is 11.9. The predicted molar refractivity (Wildman–Crippen MR) is 89.0 cm³/mol. The van der Waals surface area contributed by atoms with Crippen LogP contribution in [0.5, 0.6) is 5.75 Å². The molecule has 1 aromatic heterocycles. The molecule has 0 N–H and O–H groups in total. The third-order valence-corrected chi connectivity index (χ3v) is 4.33. The maximum atomic E-state index is 5.87. The van der Waals surface area contributed by atoms with E-state index in [1.807, 2.05) is 18.2 Å². The van der Waals surface area contributed by atoms with Crippen molar-refractivity contribution < 1.29 is 4.74 Å². The number of rotatable bonds is 0. The summed E-state index contributed by atoms with van der Waals surface area (Å²) in [7, 11) is 0. The van der Waals surface area contributed by atoms with Gasteiger partial charge in [0.05, 0.1) is 11.2 Å². The van der Waals surface area contributed by atoms with E-state index in [4.69, 9.17) is 9.72 Å². The fourth-order valence-corrected chi connectivity index (χ4v) is 3.25. The van der Waals surface area contributed by atoms with Gasteiger partial charge in [-0.15, -0.1) is 0 Å². The van der Waals surface area contributed by atoms with Crippen LogP contribution in [0.3, 0.4) is 0 Å². The lowest BCUT2D eigenvalue weighted by Crippen LogP contribution is -2.07. The van der Waals surface area contributed by atoms with Crippen molar-refractivity contribution in [2.24, 2.45) is 0 Å². The van der Waals surface area contributed by atoms with Gasteiger partial charge in [0.25, 0.3) is 0 Å². The van der Waals surface area contributed by atoms with E-state index < -0.39 is 0 Å². The Hall–Kier alpha value is -2.87. The van der Waals surface area contributed by atoms with Crippen LogP contribution in [0.2, 0.25) is 0 Å². The topological polar surface area (TPSA) is 22.1 Å². The first-order chi connectivity index (χ1) is 10.9. The molecule has 0 amide bonds. The summed E-state index contributed by atoms with van der Waals surface area (Å²) in [5.74, 6) is 0.919. The molecular formula is C20H13NO. The number of nitrogens with zero attached hydrogens (tertiary/aromatic N) is 1. The van der Waals surface area contributed by atoms with Gasteiger partial charge in [-0.2, -0.15) is 0 Å². The van der Waals surface area contributed by atoms with Crippen LogP contribution in [-0.4, -0.2) is 4.98 Å². The van der Waals surface area contributed by atoms with E-state index in [2.05, 4.69) is 48.5 Å². The molecule has 5 rings (SSSR count). The second kappa shape index (κ2) is 4.31. The first kappa shape index (κ1) is 11.8. The van der Waals surface area contributed by atoms with Gasteiger partial charge < -0.3 is 4.74 Å². The number of aromatic nitrogens is 1. The van der Waals surface area contributed by atoms with Crippen LogP contribution in [0.25, 0.3) is 32.9 Å². The fourth-order valence-electron chi connectivity index (χ4n) is 3.25. The maximum absolute atomic E-state index is 5.87. The van der Waals surface area contributed by atoms with E-state index in [-0.39, 0.29) is 0 Å². The molecule has 4 aromatic rings. The number of pyridine rings is 1. The number of benzene rings is 3. The molecule has 104 valence electrons. The molecule has 1 aliphatic heterocycles. The van der Waals surface area contributed by atoms with Gasteiger partial charge in [-0.3, -0.25) is 0 Å². The minimum absolute atomic E-state index is 0.582. The number of hydrogen-bond acceptors (Lipinski definition) is 2. The van der Waals surface area contributed by atoms with Crippen molar-refractivity contribution in [1.29, 1.82) is 0 Å². The van der Waals surface area contributed by atoms with Crippen molar-refractivity contribution >= 4 is 21.7 Å². The second-order valence-electron chi connectivity index (χ2n) is 5.63. The standard InChI is InChI=1S/C20H13NO/c1-2-6-15-13(5-1)9-10-18-17(15)11-14-12-22-19-8-4-3-7-16(19)20(14)21-18/h1-11H,12H2. The van der Waals surface area contributed by atoms with E-state index in [1.165, 1.54) is 16.2 Å². The average molecular weight is 283 g/mol. The summed E-state index contributed by atoms with van der Waals surface area (Å²) in [4.78, 5) is 4.93. The Morgan fingerprint density at radius 2 is 1.68 bits per heavy atom. The summed E-state index contributed by atoms with van der Waals surface area (Å²) in [5, 5.41) is 3.68. The molecule has 0 saturated heterocycles. The number of fused-ring (bicyclic) bond motifs is 6. The van der Waals surface area contributed by atoms with Crippen LogP contribution in [-0.2, 0) is 6.61 Å². The molecule has 0 radical (unpaired) electrons. The summed E-state index contributed by atoms with van der Waals surface area (Å²) >= 11 is 0. The third kappa shape index (κ3) is 1.58. The Bertz CT molecular complexity index is 1040. The Kier molecular flexibility index (Phi) is 2.30. The molecule has 3 aromatic carbocycles. The van der Waals surface area contributed by atoms with Crippen LogP contribution in [0.4, 0.5) is 0 Å². The Morgan fingerprint density at radius 1 is 0.818 bits per heavy atom. The lowest BCUT2D eigenvalue weighted by molar-refractivity contribution is 0.302. The minimum Gasteiger partial charge on any atom is -0.488 e. The molecule has 0 saturated carbocycles. The van der Waals surface area contributed by atoms with E-state index >= 15 is 0 Å². The van der Waals surface area contributed by atoms with E-state index in [0.29, 0.717) is 6.61 Å². The van der Waals surface area contributed by atoms with Crippen molar-refractivity contribution in [3.63, 3.8) is 0 Å². The Morgan fingerprint density at radius 3 is 2.68 bits per heavy atom. The van der Waals surface area contributed by atoms with E-state index in [9.17, 15) is 0 Å². The van der Waals surface area contributed by atoms with Crippen molar-refractivity contribution in [2.45, 2.75) is 6.61 Å². The smallest absolute Gasteiger partial charge is 0.129 e. The van der Waals surface area contributed by atoms with Crippen LogP contribution in [0.15, 0.2) is 66.7 Å². The van der Waals surface area contributed by atoms with Gasteiger partial charge in [-0.05, 0) is 35.0 Å². The Balaban J connectivity index is 1.88. The van der Waals surface area contributed by atoms with E-state index in [1.54, 1.807) is 0 Å². The fraction of sp³-hybridized carbons (Fsp3) is 0.0500. The third-order valence-electron chi connectivity index (χ3n) is 4.33. The summed E-state index contributed by atoms with van der Waals surface area (Å²) in [6.45, 7) is 0.582. The number of hydrogen-bond donors (Lipinski definition) is 0. The molecular weight excluding hydrogens is 270 g/mol. The lowest BCUT2D eigenvalue weighted by Gasteiger charge is -2.20. The highest BCUT2D eigenvalue weighted by molar-refractivity contribution is 6.07. The summed E-state index contributed by atoms with van der Waals surface area (Å²) in [6.07, 6.45) is 0. The molecule has 1 aliphatic rings. The molecule has 0 spiro atoms. The first-order valence-electron chi connectivity index (χ1n) is 7.44. The highest BCUT2D eigenvalue weighted by Crippen LogP contribution is 2.38. The maximum Gasteiger partial charge on any atom is 0.129 e. The van der Waals surface area contributed by atoms with Crippen LogP contribution >= 0.6 is 0 Å². The molecule has 2 nitrogen and oxygen atoms in total. The van der Waals surface area contributed by atoms with Crippen molar-refractivity contribution in [3.8, 4) is 17.0 Å². The number of para-hydroxylation sites is 1. The van der Waals surface area contributed by atoms with E-state index in [0.717, 1.165) is 28.1 Å². The van der Waals surface area contributed by atoms with Gasteiger partial charge in [0.2, 0.25) is 0 Å². The lowest BCUT2D eigenvalue weighted by atomic mass is 9.98. The highest BCUT2D eigenvalue weighted by Gasteiger charge is 2.19. The van der Waals surface area contributed by atoms with Crippen molar-refractivity contribution in [1.82, 2.24) is 4.98 Å². The quantitative estimate of drug-likeness (QED) is 0.426. The predicted octanol–water partition coefficient (Wildman–Crippen LogP) is 4.95. The normalized spacial score (nSPS) is 12.7. The van der Waals surface area contributed by atoms with Gasteiger partial charge in [-0.25, -0.2) is 4.98 Å². The number of ether oxygens (including phenoxy) is 1. The zero-order chi connectivity index (χ0) is 14.5. The summed E-state index contributed by atoms with van der Waals surface area (Å²) < 4.78 is 5.87. The van der Waals surface area contributed by atoms with Gasteiger partial charge in [0.15, 0.2) is 0 Å². The average Bonchev–Trinajstić information content (AvgIpc) is 2.60. The molecule has 0 unspecified atom stereocenters. The monoisotopic (exact) mass is 283 g/mol. The van der Waals surface area contributed by atoms with Gasteiger partial charge >= 0.3 is 0 Å². The molecule has 2 heterocycles. The molecule has 0 fully saturated rings. The SMILES string of the molecule is c1ccc2c(c1)OCc1cc3c(ccc4ccccc43)nc1-2. The highest BCUT2D eigenvalue weighted by atomic mass is 16.5. The van der Waals surface area contributed by atoms with Crippen LogP contribution in [0, 0.1) is 0 Å².